The molecule has 8 nitrogen and oxygen atoms in total. The van der Waals surface area contributed by atoms with Crippen molar-refractivity contribution in [2.24, 2.45) is 0 Å². The largest absolute Gasteiger partial charge is 0.480 e. The molecule has 0 unspecified atom stereocenters. The summed E-state index contributed by atoms with van der Waals surface area (Å²) >= 11 is 0. The predicted octanol–water partition coefficient (Wildman–Crippen LogP) is 1.39. The van der Waals surface area contributed by atoms with Crippen LogP contribution in [0.15, 0.2) is 24.7 Å². The molecule has 0 saturated heterocycles. The Kier molecular flexibility index (Phi) is 3.13. The number of nitrogens with zero attached hydrogens (tertiary/aromatic N) is 4. The molecule has 0 amide bonds. The number of methoxy groups -OCH3 is 1. The van der Waals surface area contributed by atoms with E-state index in [1.807, 2.05) is 13.0 Å². The maximum absolute atomic E-state index is 11.3. The topological polar surface area (TPSA) is 116 Å². The molecule has 0 aromatic carbocycles. The van der Waals surface area contributed by atoms with Gasteiger partial charge in [0.25, 0.3) is 0 Å². The number of carboxylic acids is 1. The van der Waals surface area contributed by atoms with Gasteiger partial charge in [-0.3, -0.25) is 0 Å². The second-order valence-electron chi connectivity index (χ2n) is 4.70. The van der Waals surface area contributed by atoms with Crippen LogP contribution < -0.4 is 10.5 Å². The first-order chi connectivity index (χ1) is 10.5. The third-order valence-corrected chi connectivity index (χ3v) is 3.34. The van der Waals surface area contributed by atoms with Gasteiger partial charge in [0.1, 0.15) is 17.4 Å². The van der Waals surface area contributed by atoms with Gasteiger partial charge in [-0.15, -0.1) is 0 Å². The molecule has 0 aliphatic rings. The quantitative estimate of drug-likeness (QED) is 0.750. The van der Waals surface area contributed by atoms with Crippen molar-refractivity contribution in [2.45, 2.75) is 6.92 Å². The Morgan fingerprint density at radius 3 is 2.82 bits per heavy atom. The molecule has 3 rings (SSSR count). The van der Waals surface area contributed by atoms with Crippen molar-refractivity contribution in [3.63, 3.8) is 0 Å². The highest BCUT2D eigenvalue weighted by Crippen LogP contribution is 2.29. The molecule has 0 fully saturated rings. The summed E-state index contributed by atoms with van der Waals surface area (Å²) in [6, 6.07) is 3.35. The summed E-state index contributed by atoms with van der Waals surface area (Å²) in [4.78, 5) is 19.3. The molecule has 0 radical (unpaired) electrons. The van der Waals surface area contributed by atoms with Gasteiger partial charge in [0.2, 0.25) is 5.88 Å². The zero-order valence-corrected chi connectivity index (χ0v) is 11.9. The van der Waals surface area contributed by atoms with Crippen molar-refractivity contribution in [3.05, 3.63) is 35.8 Å². The summed E-state index contributed by atoms with van der Waals surface area (Å²) in [7, 11) is 1.37. The van der Waals surface area contributed by atoms with Crippen LogP contribution in [0.5, 0.6) is 5.88 Å². The molecule has 0 aliphatic carbocycles. The van der Waals surface area contributed by atoms with Crippen molar-refractivity contribution in [3.8, 4) is 17.1 Å². The summed E-state index contributed by atoms with van der Waals surface area (Å²) in [6.07, 6.45) is 2.88. The minimum atomic E-state index is -1.11. The average Bonchev–Trinajstić information content (AvgIpc) is 2.85. The number of rotatable bonds is 3. The Labute approximate surface area is 125 Å². The molecule has 0 saturated carbocycles. The maximum Gasteiger partial charge on any atom is 0.341 e. The highest BCUT2D eigenvalue weighted by Gasteiger charge is 2.17. The third kappa shape index (κ3) is 2.01. The van der Waals surface area contributed by atoms with E-state index >= 15 is 0 Å². The lowest BCUT2D eigenvalue weighted by atomic mass is 10.1. The van der Waals surface area contributed by atoms with Crippen molar-refractivity contribution < 1.29 is 14.6 Å². The van der Waals surface area contributed by atoms with Crippen LogP contribution in [-0.2, 0) is 0 Å². The van der Waals surface area contributed by atoms with E-state index in [0.717, 1.165) is 5.56 Å². The van der Waals surface area contributed by atoms with Gasteiger partial charge in [0.05, 0.1) is 12.8 Å². The number of aromatic carboxylic acids is 1. The smallest absolute Gasteiger partial charge is 0.341 e. The number of nitrogen functional groups attached to an aromatic ring is 1. The molecule has 0 atom stereocenters. The molecule has 0 bridgehead atoms. The van der Waals surface area contributed by atoms with Crippen molar-refractivity contribution in [1.82, 2.24) is 19.6 Å². The second-order valence-corrected chi connectivity index (χ2v) is 4.70. The van der Waals surface area contributed by atoms with E-state index in [9.17, 15) is 9.90 Å². The van der Waals surface area contributed by atoms with E-state index in [1.54, 1.807) is 4.52 Å². The number of aryl methyl sites for hydroxylation is 1. The number of hydrogen-bond acceptors (Lipinski definition) is 6. The first-order valence-corrected chi connectivity index (χ1v) is 6.39. The van der Waals surface area contributed by atoms with Crippen LogP contribution >= 0.6 is 0 Å². The molecule has 112 valence electrons. The summed E-state index contributed by atoms with van der Waals surface area (Å²) < 4.78 is 6.58. The summed E-state index contributed by atoms with van der Waals surface area (Å²) in [5, 5.41) is 13.4. The van der Waals surface area contributed by atoms with Crippen molar-refractivity contribution in [2.75, 3.05) is 12.8 Å². The number of ether oxygens (including phenoxy) is 1. The zero-order valence-electron chi connectivity index (χ0n) is 11.9. The minimum absolute atomic E-state index is 0.0189. The van der Waals surface area contributed by atoms with Crippen LogP contribution in [0.25, 0.3) is 16.8 Å². The van der Waals surface area contributed by atoms with Gasteiger partial charge >= 0.3 is 5.97 Å². The van der Waals surface area contributed by atoms with Gasteiger partial charge < -0.3 is 15.6 Å². The number of carboxylic acid groups (broad SMARTS) is 1. The summed E-state index contributed by atoms with van der Waals surface area (Å²) in [6.45, 7) is 1.88. The zero-order chi connectivity index (χ0) is 15.9. The van der Waals surface area contributed by atoms with Crippen LogP contribution in [0.3, 0.4) is 0 Å². The molecule has 22 heavy (non-hydrogen) atoms. The van der Waals surface area contributed by atoms with E-state index < -0.39 is 5.97 Å². The second kappa shape index (κ2) is 4.99. The third-order valence-electron chi connectivity index (χ3n) is 3.34. The number of fused-ring (bicyclic) bond motifs is 1. The highest BCUT2D eigenvalue weighted by molar-refractivity contribution is 5.92. The van der Waals surface area contributed by atoms with Gasteiger partial charge in [-0.25, -0.2) is 19.3 Å². The number of aromatic nitrogens is 4. The first kappa shape index (κ1) is 13.8. The molecule has 8 heteroatoms. The van der Waals surface area contributed by atoms with Gasteiger partial charge in [0.15, 0.2) is 5.82 Å². The fraction of sp³-hybridized carbons (Fsp3) is 0.143. The van der Waals surface area contributed by atoms with Crippen molar-refractivity contribution >= 4 is 17.3 Å². The van der Waals surface area contributed by atoms with Crippen molar-refractivity contribution in [1.29, 1.82) is 0 Å². The molecular formula is C14H13N5O3. The number of nitrogens with two attached hydrogens (primary N) is 1. The first-order valence-electron chi connectivity index (χ1n) is 6.39. The van der Waals surface area contributed by atoms with E-state index in [-0.39, 0.29) is 11.4 Å². The molecule has 0 aliphatic heterocycles. The Balaban J connectivity index is 2.26. The molecule has 3 aromatic heterocycles. The lowest BCUT2D eigenvalue weighted by Crippen LogP contribution is -2.04. The van der Waals surface area contributed by atoms with Crippen LogP contribution in [0.4, 0.5) is 5.82 Å². The standard InChI is InChI=1S/C14H13N5O3/c1-7-3-10(19-11(7)12(15)17-6-18-19)8-4-9(14(20)21)13(22-2)16-5-8/h3-6H,1-2H3,(H,20,21)(H2,15,17,18). The van der Waals surface area contributed by atoms with E-state index in [4.69, 9.17) is 10.5 Å². The number of hydrogen-bond donors (Lipinski definition) is 2. The maximum atomic E-state index is 11.3. The summed E-state index contributed by atoms with van der Waals surface area (Å²) in [5.74, 6) is -0.695. The monoisotopic (exact) mass is 299 g/mol. The van der Waals surface area contributed by atoms with Crippen LogP contribution in [-0.4, -0.2) is 37.8 Å². The van der Waals surface area contributed by atoms with Crippen LogP contribution in [0, 0.1) is 6.92 Å². The molecule has 3 N–H and O–H groups in total. The Morgan fingerprint density at radius 2 is 2.14 bits per heavy atom. The predicted molar refractivity (Wildman–Crippen MR) is 78.9 cm³/mol. The molecular weight excluding hydrogens is 286 g/mol. The number of pyridine rings is 1. The SMILES string of the molecule is COc1ncc(-c2cc(C)c3c(N)ncnn23)cc1C(=O)O. The van der Waals surface area contributed by atoms with Crippen LogP contribution in [0.1, 0.15) is 15.9 Å². The van der Waals surface area contributed by atoms with Crippen LogP contribution in [0.2, 0.25) is 0 Å². The van der Waals surface area contributed by atoms with Gasteiger partial charge in [0, 0.05) is 11.8 Å². The van der Waals surface area contributed by atoms with E-state index in [1.165, 1.54) is 25.7 Å². The van der Waals surface area contributed by atoms with E-state index in [2.05, 4.69) is 15.1 Å². The normalized spacial score (nSPS) is 10.8. The highest BCUT2D eigenvalue weighted by atomic mass is 16.5. The summed E-state index contributed by atoms with van der Waals surface area (Å²) in [5.41, 5.74) is 8.70. The number of carbonyl (C=O) groups is 1. The molecule has 3 heterocycles. The Morgan fingerprint density at radius 1 is 1.36 bits per heavy atom. The average molecular weight is 299 g/mol. The fourth-order valence-corrected chi connectivity index (χ4v) is 2.37. The molecule has 0 spiro atoms. The fourth-order valence-electron chi connectivity index (χ4n) is 2.37. The number of anilines is 1. The molecule has 3 aromatic rings. The Hall–Kier alpha value is -3.16. The Bertz CT molecular complexity index is 888. The van der Waals surface area contributed by atoms with Gasteiger partial charge in [-0.05, 0) is 24.6 Å². The van der Waals surface area contributed by atoms with Gasteiger partial charge in [-0.2, -0.15) is 5.10 Å². The lowest BCUT2D eigenvalue weighted by molar-refractivity contribution is 0.0692. The minimum Gasteiger partial charge on any atom is -0.480 e. The van der Waals surface area contributed by atoms with E-state index in [0.29, 0.717) is 22.6 Å². The lowest BCUT2D eigenvalue weighted by Gasteiger charge is -2.07. The van der Waals surface area contributed by atoms with Gasteiger partial charge in [-0.1, -0.05) is 0 Å².